The summed E-state index contributed by atoms with van der Waals surface area (Å²) in [6, 6.07) is 4.74. The van der Waals surface area contributed by atoms with Crippen LogP contribution < -0.4 is 10.5 Å². The Kier molecular flexibility index (Phi) is 3.54. The number of aryl methyl sites for hydroxylation is 1. The lowest BCUT2D eigenvalue weighted by Crippen LogP contribution is -2.15. The summed E-state index contributed by atoms with van der Waals surface area (Å²) in [5.74, 6) is -0.475. The quantitative estimate of drug-likeness (QED) is 0.869. The SMILES string of the molecule is Cn1cc(CN)c(NS(=O)(=O)c2cccc(F)c2)n1. The van der Waals surface area contributed by atoms with Crippen molar-refractivity contribution in [2.24, 2.45) is 12.8 Å². The van der Waals surface area contributed by atoms with Crippen LogP contribution in [0.25, 0.3) is 0 Å². The summed E-state index contributed by atoms with van der Waals surface area (Å²) in [4.78, 5) is -0.166. The Hall–Kier alpha value is -1.93. The van der Waals surface area contributed by atoms with Crippen molar-refractivity contribution in [3.8, 4) is 0 Å². The molecule has 1 aromatic carbocycles. The Balaban J connectivity index is 2.36. The molecule has 1 aromatic heterocycles. The van der Waals surface area contributed by atoms with Gasteiger partial charge in [-0.25, -0.2) is 12.8 Å². The molecule has 3 N–H and O–H groups in total. The summed E-state index contributed by atoms with van der Waals surface area (Å²) in [5.41, 5.74) is 6.06. The molecule has 8 heteroatoms. The largest absolute Gasteiger partial charge is 0.326 e. The Morgan fingerprint density at radius 1 is 1.47 bits per heavy atom. The van der Waals surface area contributed by atoms with Gasteiger partial charge in [-0.1, -0.05) is 6.07 Å². The summed E-state index contributed by atoms with van der Waals surface area (Å²) in [5, 5.41) is 3.97. The summed E-state index contributed by atoms with van der Waals surface area (Å²) in [7, 11) is -2.22. The van der Waals surface area contributed by atoms with Crippen molar-refractivity contribution in [2.75, 3.05) is 4.72 Å². The van der Waals surface area contributed by atoms with Crippen LogP contribution in [0.4, 0.5) is 10.2 Å². The topological polar surface area (TPSA) is 90.0 Å². The van der Waals surface area contributed by atoms with Gasteiger partial charge in [-0.15, -0.1) is 0 Å². The van der Waals surface area contributed by atoms with Crippen LogP contribution in [0.5, 0.6) is 0 Å². The first kappa shape index (κ1) is 13.5. The molecule has 0 radical (unpaired) electrons. The van der Waals surface area contributed by atoms with Crippen molar-refractivity contribution < 1.29 is 12.8 Å². The number of nitrogens with one attached hydrogen (secondary N) is 1. The van der Waals surface area contributed by atoms with E-state index in [9.17, 15) is 12.8 Å². The number of nitrogens with two attached hydrogens (primary N) is 1. The number of nitrogens with zero attached hydrogens (tertiary/aromatic N) is 2. The first-order chi connectivity index (χ1) is 8.92. The third kappa shape index (κ3) is 2.91. The summed E-state index contributed by atoms with van der Waals surface area (Å²) < 4.78 is 40.9. The highest BCUT2D eigenvalue weighted by Crippen LogP contribution is 2.18. The van der Waals surface area contributed by atoms with E-state index in [1.54, 1.807) is 13.2 Å². The van der Waals surface area contributed by atoms with Gasteiger partial charge in [-0.3, -0.25) is 9.40 Å². The second-order valence-corrected chi connectivity index (χ2v) is 5.63. The van der Waals surface area contributed by atoms with Gasteiger partial charge < -0.3 is 5.73 Å². The minimum Gasteiger partial charge on any atom is -0.326 e. The Labute approximate surface area is 110 Å². The van der Waals surface area contributed by atoms with Gasteiger partial charge in [0.2, 0.25) is 0 Å². The average Bonchev–Trinajstić information content (AvgIpc) is 2.68. The standard InChI is InChI=1S/C11H13FN4O2S/c1-16-7-8(6-13)11(14-16)15-19(17,18)10-4-2-3-9(12)5-10/h2-5,7H,6,13H2,1H3,(H,14,15). The van der Waals surface area contributed by atoms with Crippen molar-refractivity contribution in [1.29, 1.82) is 0 Å². The molecule has 0 aliphatic rings. The molecule has 0 saturated carbocycles. The van der Waals surface area contributed by atoms with Gasteiger partial charge in [0.25, 0.3) is 10.0 Å². The molecule has 0 unspecified atom stereocenters. The Morgan fingerprint density at radius 3 is 2.84 bits per heavy atom. The molecule has 0 spiro atoms. The van der Waals surface area contributed by atoms with Crippen LogP contribution in [0.3, 0.4) is 0 Å². The van der Waals surface area contributed by atoms with Gasteiger partial charge >= 0.3 is 0 Å². The average molecular weight is 284 g/mol. The van der Waals surface area contributed by atoms with Crippen LogP contribution >= 0.6 is 0 Å². The van der Waals surface area contributed by atoms with E-state index in [4.69, 9.17) is 5.73 Å². The highest BCUT2D eigenvalue weighted by atomic mass is 32.2. The van der Waals surface area contributed by atoms with Crippen molar-refractivity contribution in [3.63, 3.8) is 0 Å². The summed E-state index contributed by atoms with van der Waals surface area (Å²) in [6.45, 7) is 0.148. The van der Waals surface area contributed by atoms with E-state index < -0.39 is 15.8 Å². The zero-order chi connectivity index (χ0) is 14.0. The van der Waals surface area contributed by atoms with Crippen LogP contribution in [-0.4, -0.2) is 18.2 Å². The molecular formula is C11H13FN4O2S. The molecule has 102 valence electrons. The third-order valence-electron chi connectivity index (χ3n) is 2.46. The van der Waals surface area contributed by atoms with E-state index in [1.807, 2.05) is 0 Å². The minimum absolute atomic E-state index is 0.147. The van der Waals surface area contributed by atoms with E-state index in [1.165, 1.54) is 22.9 Å². The van der Waals surface area contributed by atoms with Crippen molar-refractivity contribution >= 4 is 15.8 Å². The molecule has 0 amide bonds. The van der Waals surface area contributed by atoms with Gasteiger partial charge in [0, 0.05) is 25.4 Å². The molecule has 2 rings (SSSR count). The van der Waals surface area contributed by atoms with Gasteiger partial charge in [-0.2, -0.15) is 5.10 Å². The number of halogens is 1. The maximum atomic E-state index is 13.1. The number of benzene rings is 1. The smallest absolute Gasteiger partial charge is 0.263 e. The highest BCUT2D eigenvalue weighted by Gasteiger charge is 2.18. The molecule has 19 heavy (non-hydrogen) atoms. The number of anilines is 1. The number of hydrogen-bond donors (Lipinski definition) is 2. The first-order valence-corrected chi connectivity index (χ1v) is 6.91. The Morgan fingerprint density at radius 2 is 2.21 bits per heavy atom. The first-order valence-electron chi connectivity index (χ1n) is 5.43. The molecule has 1 heterocycles. The van der Waals surface area contributed by atoms with E-state index >= 15 is 0 Å². The number of aromatic nitrogens is 2. The predicted molar refractivity (Wildman–Crippen MR) is 68.3 cm³/mol. The van der Waals surface area contributed by atoms with Gasteiger partial charge in [-0.05, 0) is 18.2 Å². The maximum Gasteiger partial charge on any atom is 0.263 e. The minimum atomic E-state index is -3.88. The van der Waals surface area contributed by atoms with E-state index in [-0.39, 0.29) is 17.3 Å². The second-order valence-electron chi connectivity index (χ2n) is 3.94. The fourth-order valence-corrected chi connectivity index (χ4v) is 2.66. The second kappa shape index (κ2) is 4.98. The lowest BCUT2D eigenvalue weighted by Gasteiger charge is -2.06. The van der Waals surface area contributed by atoms with E-state index in [2.05, 4.69) is 9.82 Å². The molecule has 0 aliphatic carbocycles. The van der Waals surface area contributed by atoms with Crippen LogP contribution in [-0.2, 0) is 23.6 Å². The van der Waals surface area contributed by atoms with Crippen molar-refractivity contribution in [3.05, 3.63) is 41.8 Å². The monoisotopic (exact) mass is 284 g/mol. The number of sulfonamides is 1. The lowest BCUT2D eigenvalue weighted by molar-refractivity contribution is 0.595. The number of rotatable bonds is 4. The molecule has 0 aliphatic heterocycles. The van der Waals surface area contributed by atoms with Gasteiger partial charge in [0.15, 0.2) is 5.82 Å². The maximum absolute atomic E-state index is 13.1. The molecule has 0 fully saturated rings. The third-order valence-corrected chi connectivity index (χ3v) is 3.80. The molecule has 2 aromatic rings. The molecule has 6 nitrogen and oxygen atoms in total. The summed E-state index contributed by atoms with van der Waals surface area (Å²) in [6.07, 6.45) is 1.61. The normalized spacial score (nSPS) is 11.5. The summed E-state index contributed by atoms with van der Waals surface area (Å²) >= 11 is 0. The van der Waals surface area contributed by atoms with Gasteiger partial charge in [0.1, 0.15) is 5.82 Å². The fraction of sp³-hybridized carbons (Fsp3) is 0.182. The zero-order valence-electron chi connectivity index (χ0n) is 10.2. The number of hydrogen-bond acceptors (Lipinski definition) is 4. The van der Waals surface area contributed by atoms with Crippen molar-refractivity contribution in [2.45, 2.75) is 11.4 Å². The van der Waals surface area contributed by atoms with Gasteiger partial charge in [0.05, 0.1) is 4.90 Å². The molecule has 0 atom stereocenters. The highest BCUT2D eigenvalue weighted by molar-refractivity contribution is 7.92. The molecule has 0 saturated heterocycles. The van der Waals surface area contributed by atoms with E-state index in [0.29, 0.717) is 5.56 Å². The van der Waals surface area contributed by atoms with E-state index in [0.717, 1.165) is 6.07 Å². The van der Waals surface area contributed by atoms with Crippen LogP contribution in [0.2, 0.25) is 0 Å². The predicted octanol–water partition coefficient (Wildman–Crippen LogP) is 0.819. The fourth-order valence-electron chi connectivity index (χ4n) is 1.59. The van der Waals surface area contributed by atoms with Crippen LogP contribution in [0.15, 0.2) is 35.4 Å². The Bertz CT molecular complexity index is 696. The molecular weight excluding hydrogens is 271 g/mol. The molecule has 0 bridgehead atoms. The van der Waals surface area contributed by atoms with Crippen LogP contribution in [0.1, 0.15) is 5.56 Å². The zero-order valence-corrected chi connectivity index (χ0v) is 11.0. The van der Waals surface area contributed by atoms with Crippen LogP contribution in [0, 0.1) is 5.82 Å². The lowest BCUT2D eigenvalue weighted by atomic mass is 10.3. The van der Waals surface area contributed by atoms with Crippen molar-refractivity contribution in [1.82, 2.24) is 9.78 Å².